The maximum absolute atomic E-state index is 12.3. The van der Waals surface area contributed by atoms with Gasteiger partial charge in [0.1, 0.15) is 5.01 Å². The van der Waals surface area contributed by atoms with Crippen LogP contribution in [-0.4, -0.2) is 39.2 Å². The molecule has 7 nitrogen and oxygen atoms in total. The minimum Gasteiger partial charge on any atom is -0.376 e. The zero-order chi connectivity index (χ0) is 15.8. The molecule has 0 aliphatic carbocycles. The highest BCUT2D eigenvalue weighted by atomic mass is 32.1. The van der Waals surface area contributed by atoms with Gasteiger partial charge in [0.15, 0.2) is 0 Å². The lowest BCUT2D eigenvalue weighted by Gasteiger charge is -2.24. The van der Waals surface area contributed by atoms with Crippen LogP contribution in [0.3, 0.4) is 0 Å². The lowest BCUT2D eigenvalue weighted by Crippen LogP contribution is -2.38. The fourth-order valence-corrected chi connectivity index (χ4v) is 4.05. The summed E-state index contributed by atoms with van der Waals surface area (Å²) in [5.41, 5.74) is 1.88. The molecular weight excluding hydrogens is 314 g/mol. The number of rotatable bonds is 3. The molecule has 122 valence electrons. The van der Waals surface area contributed by atoms with Crippen LogP contribution < -0.4 is 10.5 Å². The first-order valence-corrected chi connectivity index (χ1v) is 8.77. The number of hydrogen-bond donors (Lipinski definition) is 0. The van der Waals surface area contributed by atoms with Crippen LogP contribution in [0, 0.1) is 6.92 Å². The molecule has 4 rings (SSSR count). The van der Waals surface area contributed by atoms with Crippen LogP contribution >= 0.6 is 11.3 Å². The lowest BCUT2D eigenvalue weighted by molar-refractivity contribution is 0.108. The summed E-state index contributed by atoms with van der Waals surface area (Å²) in [6.45, 7) is 4.71. The Balaban J connectivity index is 1.58. The van der Waals surface area contributed by atoms with Crippen LogP contribution in [0.1, 0.15) is 29.1 Å². The Bertz CT molecular complexity index is 771. The second-order valence-corrected chi connectivity index (χ2v) is 7.19. The van der Waals surface area contributed by atoms with Crippen molar-refractivity contribution in [3.05, 3.63) is 32.7 Å². The summed E-state index contributed by atoms with van der Waals surface area (Å²) in [5.74, 6) is 0. The van der Waals surface area contributed by atoms with Crippen molar-refractivity contribution in [2.45, 2.75) is 45.4 Å². The quantitative estimate of drug-likeness (QED) is 0.839. The Morgan fingerprint density at radius 3 is 3.17 bits per heavy atom. The van der Waals surface area contributed by atoms with Gasteiger partial charge in [0.25, 0.3) is 5.56 Å². The number of ether oxygens (including phenoxy) is 1. The first kappa shape index (κ1) is 14.8. The van der Waals surface area contributed by atoms with E-state index in [-0.39, 0.29) is 11.6 Å². The Kier molecular flexibility index (Phi) is 3.86. The molecule has 4 heterocycles. The molecule has 0 radical (unpaired) electrons. The molecule has 1 unspecified atom stereocenters. The Hall–Kier alpha value is -1.80. The van der Waals surface area contributed by atoms with Gasteiger partial charge < -0.3 is 9.64 Å². The van der Waals surface area contributed by atoms with E-state index in [9.17, 15) is 4.79 Å². The van der Waals surface area contributed by atoms with E-state index in [1.54, 1.807) is 22.1 Å². The van der Waals surface area contributed by atoms with Crippen molar-refractivity contribution in [3.63, 3.8) is 0 Å². The van der Waals surface area contributed by atoms with E-state index in [0.717, 1.165) is 47.2 Å². The molecule has 0 aromatic carbocycles. The van der Waals surface area contributed by atoms with Crippen LogP contribution in [0.2, 0.25) is 0 Å². The van der Waals surface area contributed by atoms with Crippen molar-refractivity contribution < 1.29 is 4.74 Å². The van der Waals surface area contributed by atoms with Crippen molar-refractivity contribution >= 4 is 16.5 Å². The maximum Gasteiger partial charge on any atom is 0.267 e. The van der Waals surface area contributed by atoms with Gasteiger partial charge in [-0.1, -0.05) is 11.3 Å². The van der Waals surface area contributed by atoms with E-state index in [1.165, 1.54) is 0 Å². The van der Waals surface area contributed by atoms with Crippen LogP contribution in [-0.2, 0) is 24.3 Å². The van der Waals surface area contributed by atoms with Gasteiger partial charge >= 0.3 is 0 Å². The molecule has 1 atom stereocenters. The minimum absolute atomic E-state index is 0.0467. The van der Waals surface area contributed by atoms with E-state index in [1.807, 2.05) is 6.92 Å². The smallest absolute Gasteiger partial charge is 0.267 e. The Labute approximate surface area is 137 Å². The highest BCUT2D eigenvalue weighted by molar-refractivity contribution is 7.15. The molecule has 0 bridgehead atoms. The summed E-state index contributed by atoms with van der Waals surface area (Å²) in [6.07, 6.45) is 2.93. The minimum atomic E-state index is -0.0467. The third kappa shape index (κ3) is 2.88. The van der Waals surface area contributed by atoms with Gasteiger partial charge in [-0.05, 0) is 19.8 Å². The number of anilines is 1. The van der Waals surface area contributed by atoms with E-state index < -0.39 is 0 Å². The number of nitrogens with zero attached hydrogens (tertiary/aromatic N) is 5. The molecule has 0 amide bonds. The number of aryl methyl sites for hydroxylation is 1. The molecular formula is C15H19N5O2S. The van der Waals surface area contributed by atoms with Gasteiger partial charge in [0.05, 0.1) is 31.5 Å². The summed E-state index contributed by atoms with van der Waals surface area (Å²) in [4.78, 5) is 14.6. The lowest BCUT2D eigenvalue weighted by atomic mass is 10.1. The summed E-state index contributed by atoms with van der Waals surface area (Å²) < 4.78 is 7.00. The topological polar surface area (TPSA) is 73.1 Å². The van der Waals surface area contributed by atoms with Gasteiger partial charge in [-0.15, -0.1) is 10.2 Å². The summed E-state index contributed by atoms with van der Waals surface area (Å²) in [7, 11) is 0. The molecule has 2 aliphatic heterocycles. The van der Waals surface area contributed by atoms with Crippen molar-refractivity contribution in [1.29, 1.82) is 0 Å². The molecule has 2 aliphatic rings. The number of aromatic nitrogens is 4. The van der Waals surface area contributed by atoms with Gasteiger partial charge in [0.2, 0.25) is 5.13 Å². The predicted octanol–water partition coefficient (Wildman–Crippen LogP) is 1.14. The number of hydrogen-bond acceptors (Lipinski definition) is 7. The summed E-state index contributed by atoms with van der Waals surface area (Å²) >= 11 is 1.61. The fourth-order valence-electron chi connectivity index (χ4n) is 3.26. The van der Waals surface area contributed by atoms with E-state index >= 15 is 0 Å². The van der Waals surface area contributed by atoms with Crippen LogP contribution in [0.15, 0.2) is 10.9 Å². The fraction of sp³-hybridized carbons (Fsp3) is 0.600. The summed E-state index contributed by atoms with van der Waals surface area (Å²) in [5, 5.41) is 14.8. The molecule has 0 N–H and O–H groups in total. The maximum atomic E-state index is 12.3. The molecule has 0 saturated carbocycles. The largest absolute Gasteiger partial charge is 0.376 e. The van der Waals surface area contributed by atoms with E-state index in [4.69, 9.17) is 4.74 Å². The standard InChI is InChI=1S/C15H19N5O2S/c1-10-16-17-15(23-10)19-5-2-3-12(19)8-20-14(21)7-11-9-22-6-4-13(11)18-20/h7,12H,2-6,8-9H2,1H3. The van der Waals surface area contributed by atoms with E-state index in [2.05, 4.69) is 20.2 Å². The average molecular weight is 333 g/mol. The second-order valence-electron chi connectivity index (χ2n) is 6.03. The average Bonchev–Trinajstić information content (AvgIpc) is 3.16. The van der Waals surface area contributed by atoms with E-state index in [0.29, 0.717) is 19.8 Å². The summed E-state index contributed by atoms with van der Waals surface area (Å²) in [6, 6.07) is 1.93. The molecule has 8 heteroatoms. The first-order chi connectivity index (χ1) is 11.2. The Morgan fingerprint density at radius 1 is 1.43 bits per heavy atom. The van der Waals surface area contributed by atoms with Crippen molar-refractivity contribution in [2.24, 2.45) is 0 Å². The molecule has 23 heavy (non-hydrogen) atoms. The van der Waals surface area contributed by atoms with Crippen molar-refractivity contribution in [2.75, 3.05) is 18.1 Å². The van der Waals surface area contributed by atoms with Crippen molar-refractivity contribution in [3.8, 4) is 0 Å². The highest BCUT2D eigenvalue weighted by Crippen LogP contribution is 2.28. The van der Waals surface area contributed by atoms with Crippen LogP contribution in [0.25, 0.3) is 0 Å². The van der Waals surface area contributed by atoms with Crippen molar-refractivity contribution in [1.82, 2.24) is 20.0 Å². The zero-order valence-electron chi connectivity index (χ0n) is 13.1. The molecule has 0 spiro atoms. The van der Waals surface area contributed by atoms with Crippen LogP contribution in [0.4, 0.5) is 5.13 Å². The zero-order valence-corrected chi connectivity index (χ0v) is 13.9. The second kappa shape index (κ2) is 6.01. The monoisotopic (exact) mass is 333 g/mol. The van der Waals surface area contributed by atoms with Gasteiger partial charge in [-0.3, -0.25) is 4.79 Å². The van der Waals surface area contributed by atoms with Gasteiger partial charge in [0, 0.05) is 24.6 Å². The third-order valence-electron chi connectivity index (χ3n) is 4.43. The third-order valence-corrected chi connectivity index (χ3v) is 5.30. The van der Waals surface area contributed by atoms with Gasteiger partial charge in [-0.25, -0.2) is 4.68 Å². The molecule has 2 aromatic rings. The Morgan fingerprint density at radius 2 is 2.35 bits per heavy atom. The predicted molar refractivity (Wildman–Crippen MR) is 86.9 cm³/mol. The molecule has 1 fully saturated rings. The first-order valence-electron chi connectivity index (χ1n) is 7.95. The normalized spacial score (nSPS) is 20.7. The SMILES string of the molecule is Cc1nnc(N2CCCC2Cn2nc3c(cc2=O)COCC3)s1. The number of fused-ring (bicyclic) bond motifs is 1. The molecule has 2 aromatic heterocycles. The highest BCUT2D eigenvalue weighted by Gasteiger charge is 2.28. The van der Waals surface area contributed by atoms with Crippen LogP contribution in [0.5, 0.6) is 0 Å². The molecule has 1 saturated heterocycles. The van der Waals surface area contributed by atoms with Gasteiger partial charge in [-0.2, -0.15) is 5.10 Å².